The first-order valence-electron chi connectivity index (χ1n) is 10.1. The molecule has 1 saturated heterocycles. The molecule has 1 aromatic carbocycles. The summed E-state index contributed by atoms with van der Waals surface area (Å²) in [4.78, 5) is 19.9. The summed E-state index contributed by atoms with van der Waals surface area (Å²) in [7, 11) is 1.91. The smallest absolute Gasteiger partial charge is 0.233 e. The predicted octanol–water partition coefficient (Wildman–Crippen LogP) is 3.20. The van der Waals surface area contributed by atoms with Crippen molar-refractivity contribution < 1.29 is 9.90 Å². The van der Waals surface area contributed by atoms with E-state index in [2.05, 4.69) is 17.1 Å². The summed E-state index contributed by atoms with van der Waals surface area (Å²) in [5.74, 6) is 1.17. The van der Waals surface area contributed by atoms with Gasteiger partial charge in [0.05, 0.1) is 5.41 Å². The minimum absolute atomic E-state index is 0.159. The Labute approximate surface area is 161 Å². The number of amides is 1. The molecule has 1 aliphatic carbocycles. The molecule has 27 heavy (non-hydrogen) atoms. The van der Waals surface area contributed by atoms with E-state index < -0.39 is 6.10 Å². The predicted molar refractivity (Wildman–Crippen MR) is 104 cm³/mol. The molecule has 1 saturated carbocycles. The fourth-order valence-electron chi connectivity index (χ4n) is 4.96. The number of aromatic nitrogens is 2. The molecule has 5 nitrogen and oxygen atoms in total. The lowest BCUT2D eigenvalue weighted by Crippen LogP contribution is -2.49. The number of likely N-dealkylation sites (tertiary alicyclic amines) is 1. The van der Waals surface area contributed by atoms with E-state index >= 15 is 0 Å². The average molecular weight is 367 g/mol. The van der Waals surface area contributed by atoms with Crippen LogP contribution in [0.1, 0.15) is 56.0 Å². The third-order valence-electron chi connectivity index (χ3n) is 6.59. The number of hydrogen-bond donors (Lipinski definition) is 1. The van der Waals surface area contributed by atoms with Crippen molar-refractivity contribution in [3.05, 3.63) is 54.1 Å². The molecule has 2 fully saturated rings. The molecule has 4 rings (SSSR count). The van der Waals surface area contributed by atoms with E-state index in [-0.39, 0.29) is 17.2 Å². The summed E-state index contributed by atoms with van der Waals surface area (Å²) >= 11 is 0. The number of rotatable bonds is 4. The minimum Gasteiger partial charge on any atom is -0.385 e. The molecule has 2 aromatic rings. The third-order valence-corrected chi connectivity index (χ3v) is 6.59. The van der Waals surface area contributed by atoms with E-state index in [0.717, 1.165) is 57.4 Å². The van der Waals surface area contributed by atoms with Crippen molar-refractivity contribution in [2.75, 3.05) is 13.1 Å². The quantitative estimate of drug-likeness (QED) is 0.903. The van der Waals surface area contributed by atoms with Gasteiger partial charge in [-0.25, -0.2) is 4.98 Å². The average Bonchev–Trinajstić information content (AvgIpc) is 3.38. The Morgan fingerprint density at radius 3 is 2.44 bits per heavy atom. The Morgan fingerprint density at radius 2 is 1.85 bits per heavy atom. The highest BCUT2D eigenvalue weighted by Gasteiger charge is 2.45. The maximum Gasteiger partial charge on any atom is 0.233 e. The highest BCUT2D eigenvalue weighted by atomic mass is 16.3. The second kappa shape index (κ2) is 7.47. The Bertz CT molecular complexity index is 772. The number of aryl methyl sites for hydroxylation is 1. The van der Waals surface area contributed by atoms with Gasteiger partial charge in [-0.2, -0.15) is 0 Å². The van der Waals surface area contributed by atoms with Gasteiger partial charge in [-0.05, 0) is 37.2 Å². The number of hydrogen-bond acceptors (Lipinski definition) is 3. The van der Waals surface area contributed by atoms with Gasteiger partial charge in [-0.15, -0.1) is 0 Å². The molecular formula is C22H29N3O2. The molecule has 1 amide bonds. The van der Waals surface area contributed by atoms with Gasteiger partial charge in [0.1, 0.15) is 11.9 Å². The molecule has 0 radical (unpaired) electrons. The highest BCUT2D eigenvalue weighted by Crippen LogP contribution is 2.43. The van der Waals surface area contributed by atoms with Crippen molar-refractivity contribution in [3.63, 3.8) is 0 Å². The zero-order valence-corrected chi connectivity index (χ0v) is 16.1. The second-order valence-corrected chi connectivity index (χ2v) is 8.13. The van der Waals surface area contributed by atoms with Gasteiger partial charge in [-0.1, -0.05) is 43.2 Å². The molecule has 1 N–H and O–H groups in total. The number of piperidine rings is 1. The van der Waals surface area contributed by atoms with Crippen LogP contribution in [0.4, 0.5) is 0 Å². The van der Waals surface area contributed by atoms with Crippen LogP contribution in [-0.2, 0) is 17.3 Å². The van der Waals surface area contributed by atoms with Crippen molar-refractivity contribution in [1.29, 1.82) is 0 Å². The number of aliphatic hydroxyl groups is 1. The number of nitrogens with zero attached hydrogens (tertiary/aromatic N) is 3. The van der Waals surface area contributed by atoms with Gasteiger partial charge in [0.15, 0.2) is 0 Å². The SMILES string of the molecule is Cn1ccnc1[C@@H](O)C1CCN(C(=O)C2(c3ccccc3)CCCC2)CC1. The molecule has 0 unspecified atom stereocenters. The van der Waals surface area contributed by atoms with Crippen LogP contribution >= 0.6 is 0 Å². The fourth-order valence-corrected chi connectivity index (χ4v) is 4.96. The normalized spacial score (nSPS) is 21.3. The first-order chi connectivity index (χ1) is 13.1. The number of imidazole rings is 1. The largest absolute Gasteiger partial charge is 0.385 e. The van der Waals surface area contributed by atoms with E-state index in [1.54, 1.807) is 6.20 Å². The second-order valence-electron chi connectivity index (χ2n) is 8.13. The molecule has 1 aromatic heterocycles. The number of benzene rings is 1. The first-order valence-corrected chi connectivity index (χ1v) is 10.1. The van der Waals surface area contributed by atoms with Gasteiger partial charge in [0.2, 0.25) is 5.91 Å². The van der Waals surface area contributed by atoms with Crippen LogP contribution in [0.25, 0.3) is 0 Å². The van der Waals surface area contributed by atoms with Gasteiger partial charge in [-0.3, -0.25) is 4.79 Å². The Morgan fingerprint density at radius 1 is 1.19 bits per heavy atom. The minimum atomic E-state index is -0.559. The Hall–Kier alpha value is -2.14. The Kier molecular flexibility index (Phi) is 5.04. The van der Waals surface area contributed by atoms with E-state index in [9.17, 15) is 9.90 Å². The summed E-state index contributed by atoms with van der Waals surface area (Å²) in [5.41, 5.74) is 0.828. The molecule has 0 bridgehead atoms. The van der Waals surface area contributed by atoms with Gasteiger partial charge in [0, 0.05) is 32.5 Å². The zero-order chi connectivity index (χ0) is 18.9. The summed E-state index contributed by atoms with van der Waals surface area (Å²) in [6, 6.07) is 10.3. The van der Waals surface area contributed by atoms with Crippen LogP contribution in [0.3, 0.4) is 0 Å². The van der Waals surface area contributed by atoms with E-state index in [0.29, 0.717) is 0 Å². The van der Waals surface area contributed by atoms with Crippen LogP contribution in [0.5, 0.6) is 0 Å². The molecular weight excluding hydrogens is 338 g/mol. The van der Waals surface area contributed by atoms with Crippen LogP contribution in [0.15, 0.2) is 42.7 Å². The fraction of sp³-hybridized carbons (Fsp3) is 0.545. The third kappa shape index (κ3) is 3.29. The topological polar surface area (TPSA) is 58.4 Å². The zero-order valence-electron chi connectivity index (χ0n) is 16.1. The standard InChI is InChI=1S/C22H29N3O2/c1-24-16-13-23-20(24)19(26)17-9-14-25(15-10-17)21(27)22(11-5-6-12-22)18-7-3-2-4-8-18/h2-4,7-8,13,16-17,19,26H,5-6,9-12,14-15H2,1H3/t19-/m0/s1. The summed E-state index contributed by atoms with van der Waals surface area (Å²) in [6.45, 7) is 1.44. The van der Waals surface area contributed by atoms with Crippen LogP contribution in [-0.4, -0.2) is 38.6 Å². The van der Waals surface area contributed by atoms with Crippen LogP contribution in [0.2, 0.25) is 0 Å². The van der Waals surface area contributed by atoms with E-state index in [1.807, 2.05) is 40.9 Å². The van der Waals surface area contributed by atoms with Crippen LogP contribution < -0.4 is 0 Å². The van der Waals surface area contributed by atoms with Gasteiger partial charge in [0.25, 0.3) is 0 Å². The van der Waals surface area contributed by atoms with Crippen molar-refractivity contribution in [2.24, 2.45) is 13.0 Å². The lowest BCUT2D eigenvalue weighted by Gasteiger charge is -2.39. The monoisotopic (exact) mass is 367 g/mol. The molecule has 0 spiro atoms. The maximum atomic E-state index is 13.5. The van der Waals surface area contributed by atoms with Gasteiger partial charge >= 0.3 is 0 Å². The molecule has 2 aliphatic rings. The summed E-state index contributed by atoms with van der Waals surface area (Å²) in [5, 5.41) is 10.7. The van der Waals surface area contributed by atoms with Crippen LogP contribution in [0, 0.1) is 5.92 Å². The van der Waals surface area contributed by atoms with Crippen molar-refractivity contribution in [3.8, 4) is 0 Å². The summed E-state index contributed by atoms with van der Waals surface area (Å²) < 4.78 is 1.88. The van der Waals surface area contributed by atoms with E-state index in [1.165, 1.54) is 5.56 Å². The van der Waals surface area contributed by atoms with E-state index in [4.69, 9.17) is 0 Å². The molecule has 1 aliphatic heterocycles. The number of carbonyl (C=O) groups excluding carboxylic acids is 1. The van der Waals surface area contributed by atoms with Crippen molar-refractivity contribution >= 4 is 5.91 Å². The lowest BCUT2D eigenvalue weighted by atomic mass is 9.77. The molecule has 2 heterocycles. The maximum absolute atomic E-state index is 13.5. The van der Waals surface area contributed by atoms with Crippen molar-refractivity contribution in [1.82, 2.24) is 14.5 Å². The van der Waals surface area contributed by atoms with Gasteiger partial charge < -0.3 is 14.6 Å². The van der Waals surface area contributed by atoms with Crippen molar-refractivity contribution in [2.45, 2.75) is 50.0 Å². The first kappa shape index (κ1) is 18.2. The number of aliphatic hydroxyl groups excluding tert-OH is 1. The number of carbonyl (C=O) groups is 1. The molecule has 144 valence electrons. The molecule has 1 atom stereocenters. The summed E-state index contributed by atoms with van der Waals surface area (Å²) in [6.07, 6.45) is 8.81. The highest BCUT2D eigenvalue weighted by molar-refractivity contribution is 5.88. The molecule has 5 heteroatoms. The Balaban J connectivity index is 1.46. The lowest BCUT2D eigenvalue weighted by molar-refractivity contribution is -0.139.